The van der Waals surface area contributed by atoms with Crippen molar-refractivity contribution < 1.29 is 22.7 Å². The average molecular weight is 552 g/mol. The molecule has 5 rings (SSSR count). The van der Waals surface area contributed by atoms with Crippen LogP contribution in [0.25, 0.3) is 5.65 Å². The Morgan fingerprint density at radius 1 is 1.05 bits per heavy atom. The first kappa shape index (κ1) is 27.5. The molecule has 1 aromatic carbocycles. The second-order valence-corrected chi connectivity index (χ2v) is 14.1. The molecule has 1 aliphatic carbocycles. The standard InChI is InChI=1S/C30H37N3O5S/c1-29(2,3)38-28(35)18-23-19-30(20-23)12-15-33(16-13-30)39(36,37)25-8-4-22(5-9-25)6-10-26(34)24-7-11-27-31-14-17-32(27)21-24/h4-5,7-9,11,14,17,21,23H,6,10,12-13,15-16,18-20H2,1-3H3. The smallest absolute Gasteiger partial charge is 0.306 e. The lowest BCUT2D eigenvalue weighted by molar-refractivity contribution is -0.158. The minimum atomic E-state index is -3.57. The molecule has 3 heterocycles. The number of carbonyl (C=O) groups is 2. The molecule has 0 bridgehead atoms. The first-order valence-electron chi connectivity index (χ1n) is 13.7. The Balaban J connectivity index is 1.11. The summed E-state index contributed by atoms with van der Waals surface area (Å²) < 4.78 is 35.5. The maximum Gasteiger partial charge on any atom is 0.306 e. The largest absolute Gasteiger partial charge is 0.460 e. The third-order valence-corrected chi connectivity index (χ3v) is 9.93. The Labute approximate surface area is 230 Å². The summed E-state index contributed by atoms with van der Waals surface area (Å²) in [4.78, 5) is 29.3. The topological polar surface area (TPSA) is 98.0 Å². The van der Waals surface area contributed by atoms with Gasteiger partial charge in [0.2, 0.25) is 10.0 Å². The summed E-state index contributed by atoms with van der Waals surface area (Å²) in [5, 5.41) is 0. The van der Waals surface area contributed by atoms with Crippen LogP contribution in [0.15, 0.2) is 59.9 Å². The van der Waals surface area contributed by atoms with Gasteiger partial charge in [-0.25, -0.2) is 13.4 Å². The summed E-state index contributed by atoms with van der Waals surface area (Å²) in [6, 6.07) is 10.5. The Bertz CT molecular complexity index is 1450. The maximum atomic E-state index is 13.3. The Morgan fingerprint density at radius 2 is 1.74 bits per heavy atom. The van der Waals surface area contributed by atoms with Crippen LogP contribution in [0.2, 0.25) is 0 Å². The number of ether oxygens (including phenoxy) is 1. The highest BCUT2D eigenvalue weighted by atomic mass is 32.2. The number of ketones is 1. The molecule has 39 heavy (non-hydrogen) atoms. The number of esters is 1. The number of fused-ring (bicyclic) bond motifs is 1. The number of imidazole rings is 1. The van der Waals surface area contributed by atoms with Crippen molar-refractivity contribution in [3.8, 4) is 0 Å². The van der Waals surface area contributed by atoms with Gasteiger partial charge in [0.1, 0.15) is 11.2 Å². The fourth-order valence-electron chi connectivity index (χ4n) is 6.00. The average Bonchev–Trinajstić information content (AvgIpc) is 3.34. The van der Waals surface area contributed by atoms with Crippen molar-refractivity contribution in [2.75, 3.05) is 13.1 Å². The maximum absolute atomic E-state index is 13.3. The number of nitrogens with zero attached hydrogens (tertiary/aromatic N) is 3. The normalized spacial score (nSPS) is 18.2. The number of benzene rings is 1. The van der Waals surface area contributed by atoms with Crippen molar-refractivity contribution in [2.45, 2.75) is 76.2 Å². The third-order valence-electron chi connectivity index (χ3n) is 8.01. The van der Waals surface area contributed by atoms with Gasteiger partial charge in [-0.2, -0.15) is 4.31 Å². The molecule has 2 aliphatic rings. The van der Waals surface area contributed by atoms with Gasteiger partial charge in [0.25, 0.3) is 0 Å². The fraction of sp³-hybridized carbons (Fsp3) is 0.500. The predicted octanol–water partition coefficient (Wildman–Crippen LogP) is 5.06. The van der Waals surface area contributed by atoms with Crippen LogP contribution < -0.4 is 0 Å². The van der Waals surface area contributed by atoms with Gasteiger partial charge in [-0.15, -0.1) is 0 Å². The fourth-order valence-corrected chi connectivity index (χ4v) is 7.44. The van der Waals surface area contributed by atoms with Crippen LogP contribution in [0.4, 0.5) is 0 Å². The van der Waals surface area contributed by atoms with E-state index in [-0.39, 0.29) is 22.1 Å². The van der Waals surface area contributed by atoms with Gasteiger partial charge in [0.05, 0.1) is 4.90 Å². The highest BCUT2D eigenvalue weighted by Gasteiger charge is 2.48. The van der Waals surface area contributed by atoms with Gasteiger partial charge in [-0.05, 0) is 94.0 Å². The molecule has 1 saturated heterocycles. The lowest BCUT2D eigenvalue weighted by Crippen LogP contribution is -2.49. The number of pyridine rings is 1. The van der Waals surface area contributed by atoms with Crippen molar-refractivity contribution >= 4 is 27.4 Å². The van der Waals surface area contributed by atoms with Crippen LogP contribution >= 0.6 is 0 Å². The van der Waals surface area contributed by atoms with E-state index in [1.807, 2.05) is 37.4 Å². The highest BCUT2D eigenvalue weighted by Crippen LogP contribution is 2.54. The van der Waals surface area contributed by atoms with Gasteiger partial charge < -0.3 is 9.14 Å². The molecule has 208 valence electrons. The molecule has 2 aromatic heterocycles. The first-order chi connectivity index (χ1) is 18.4. The van der Waals surface area contributed by atoms with Crippen molar-refractivity contribution in [3.63, 3.8) is 0 Å². The molecular weight excluding hydrogens is 514 g/mol. The highest BCUT2D eigenvalue weighted by molar-refractivity contribution is 7.89. The lowest BCUT2D eigenvalue weighted by atomic mass is 9.57. The van der Waals surface area contributed by atoms with E-state index in [1.54, 1.807) is 47.0 Å². The number of Topliss-reactive ketones (excluding diaryl/α,β-unsaturated/α-hetero) is 1. The number of aryl methyl sites for hydroxylation is 1. The minimum absolute atomic E-state index is 0.0360. The zero-order chi connectivity index (χ0) is 27.8. The van der Waals surface area contributed by atoms with E-state index in [2.05, 4.69) is 4.98 Å². The summed E-state index contributed by atoms with van der Waals surface area (Å²) in [6.45, 7) is 6.63. The lowest BCUT2D eigenvalue weighted by Gasteiger charge is -2.52. The summed E-state index contributed by atoms with van der Waals surface area (Å²) >= 11 is 0. The van der Waals surface area contributed by atoms with E-state index in [0.717, 1.165) is 36.9 Å². The monoisotopic (exact) mass is 551 g/mol. The van der Waals surface area contributed by atoms with Crippen LogP contribution in [0, 0.1) is 11.3 Å². The molecule has 1 spiro atoms. The van der Waals surface area contributed by atoms with Gasteiger partial charge in [0.15, 0.2) is 5.78 Å². The third kappa shape index (κ3) is 6.25. The Morgan fingerprint density at radius 3 is 2.41 bits per heavy atom. The van der Waals surface area contributed by atoms with Crippen molar-refractivity contribution in [1.29, 1.82) is 0 Å². The number of aromatic nitrogens is 2. The second-order valence-electron chi connectivity index (χ2n) is 12.1. The summed E-state index contributed by atoms with van der Waals surface area (Å²) in [5.74, 6) is 0.219. The Hall–Kier alpha value is -3.04. The molecule has 0 amide bonds. The van der Waals surface area contributed by atoms with Crippen molar-refractivity contribution in [1.82, 2.24) is 13.7 Å². The molecule has 9 heteroatoms. The molecule has 2 fully saturated rings. The van der Waals surface area contributed by atoms with Gasteiger partial charge in [0, 0.05) is 50.1 Å². The van der Waals surface area contributed by atoms with E-state index < -0.39 is 15.6 Å². The van der Waals surface area contributed by atoms with Crippen LogP contribution in [-0.2, 0) is 26.0 Å². The first-order valence-corrected chi connectivity index (χ1v) is 15.1. The van der Waals surface area contributed by atoms with Crippen LogP contribution in [0.3, 0.4) is 0 Å². The number of carbonyl (C=O) groups excluding carboxylic acids is 2. The van der Waals surface area contributed by atoms with E-state index in [0.29, 0.717) is 43.8 Å². The molecular formula is C30H37N3O5S. The second kappa shape index (κ2) is 10.5. The Kier molecular flexibility index (Phi) is 7.41. The number of piperidine rings is 1. The SMILES string of the molecule is CC(C)(C)OC(=O)CC1CC2(CCN(S(=O)(=O)c3ccc(CCC(=O)c4ccc5nccn5c4)cc3)CC2)C1. The molecule has 1 saturated carbocycles. The molecule has 0 radical (unpaired) electrons. The molecule has 0 unspecified atom stereocenters. The van der Waals surface area contributed by atoms with Gasteiger partial charge >= 0.3 is 5.97 Å². The van der Waals surface area contributed by atoms with Crippen LogP contribution in [-0.4, -0.2) is 52.6 Å². The quantitative estimate of drug-likeness (QED) is 0.287. The zero-order valence-electron chi connectivity index (χ0n) is 22.9. The number of hydrogen-bond donors (Lipinski definition) is 0. The van der Waals surface area contributed by atoms with Gasteiger partial charge in [-0.3, -0.25) is 9.59 Å². The van der Waals surface area contributed by atoms with Crippen molar-refractivity contribution in [2.24, 2.45) is 11.3 Å². The van der Waals surface area contributed by atoms with Crippen LogP contribution in [0.1, 0.15) is 75.2 Å². The van der Waals surface area contributed by atoms with Crippen LogP contribution in [0.5, 0.6) is 0 Å². The predicted molar refractivity (Wildman–Crippen MR) is 148 cm³/mol. The minimum Gasteiger partial charge on any atom is -0.460 e. The van der Waals surface area contributed by atoms with Crippen molar-refractivity contribution in [3.05, 3.63) is 66.1 Å². The van der Waals surface area contributed by atoms with E-state index in [4.69, 9.17) is 4.74 Å². The van der Waals surface area contributed by atoms with E-state index in [9.17, 15) is 18.0 Å². The van der Waals surface area contributed by atoms with Gasteiger partial charge in [-0.1, -0.05) is 12.1 Å². The van der Waals surface area contributed by atoms with E-state index in [1.165, 1.54) is 0 Å². The molecule has 1 aliphatic heterocycles. The molecule has 3 aromatic rings. The number of sulfonamides is 1. The summed E-state index contributed by atoms with van der Waals surface area (Å²) in [5.41, 5.74) is 2.03. The molecule has 0 N–H and O–H groups in total. The summed E-state index contributed by atoms with van der Waals surface area (Å²) in [6.07, 6.45) is 10.2. The summed E-state index contributed by atoms with van der Waals surface area (Å²) in [7, 11) is -3.57. The molecule has 8 nitrogen and oxygen atoms in total. The number of rotatable bonds is 8. The van der Waals surface area contributed by atoms with E-state index >= 15 is 0 Å². The number of hydrogen-bond acceptors (Lipinski definition) is 6. The zero-order valence-corrected chi connectivity index (χ0v) is 23.7. The molecule has 0 atom stereocenters.